The van der Waals surface area contributed by atoms with E-state index in [0.29, 0.717) is 6.42 Å². The summed E-state index contributed by atoms with van der Waals surface area (Å²) in [7, 11) is 3.54. The Hall–Kier alpha value is -1.75. The third-order valence-corrected chi connectivity index (χ3v) is 3.81. The Morgan fingerprint density at radius 3 is 3.10 bits per heavy atom. The number of benzene rings is 1. The Morgan fingerprint density at radius 2 is 2.33 bits per heavy atom. The van der Waals surface area contributed by atoms with E-state index < -0.39 is 0 Å². The zero-order valence-electron chi connectivity index (χ0n) is 12.9. The number of nitrogens with one attached hydrogen (secondary N) is 2. The van der Waals surface area contributed by atoms with Crippen LogP contribution >= 0.6 is 0 Å². The van der Waals surface area contributed by atoms with Gasteiger partial charge in [0.05, 0.1) is 7.11 Å². The highest BCUT2D eigenvalue weighted by molar-refractivity contribution is 5.76. The molecular formula is C16H25N3O2. The third kappa shape index (κ3) is 4.63. The Morgan fingerprint density at radius 1 is 1.48 bits per heavy atom. The number of carbonyl (C=O) groups is 1. The number of ether oxygens (including phenoxy) is 1. The van der Waals surface area contributed by atoms with Gasteiger partial charge >= 0.3 is 0 Å². The van der Waals surface area contributed by atoms with Crippen molar-refractivity contribution >= 4 is 11.6 Å². The van der Waals surface area contributed by atoms with Crippen LogP contribution in [-0.2, 0) is 4.79 Å². The van der Waals surface area contributed by atoms with Crippen molar-refractivity contribution in [2.24, 2.45) is 0 Å². The van der Waals surface area contributed by atoms with Crippen molar-refractivity contribution in [1.29, 1.82) is 0 Å². The van der Waals surface area contributed by atoms with E-state index in [-0.39, 0.29) is 11.9 Å². The summed E-state index contributed by atoms with van der Waals surface area (Å²) in [6.45, 7) is 2.60. The van der Waals surface area contributed by atoms with Gasteiger partial charge in [-0.1, -0.05) is 6.07 Å². The van der Waals surface area contributed by atoms with Gasteiger partial charge in [0.2, 0.25) is 5.91 Å². The Balaban J connectivity index is 1.92. The van der Waals surface area contributed by atoms with Crippen molar-refractivity contribution in [3.8, 4) is 5.75 Å². The maximum atomic E-state index is 11.8. The van der Waals surface area contributed by atoms with Crippen molar-refractivity contribution in [2.75, 3.05) is 38.7 Å². The lowest BCUT2D eigenvalue weighted by Crippen LogP contribution is -2.48. The van der Waals surface area contributed by atoms with E-state index in [1.807, 2.05) is 25.2 Å². The lowest BCUT2D eigenvalue weighted by molar-refractivity contribution is -0.121. The quantitative estimate of drug-likeness (QED) is 0.831. The first-order valence-corrected chi connectivity index (χ1v) is 7.56. The molecule has 0 aromatic heterocycles. The van der Waals surface area contributed by atoms with Crippen LogP contribution in [0.15, 0.2) is 24.3 Å². The highest BCUT2D eigenvalue weighted by atomic mass is 16.5. The van der Waals surface area contributed by atoms with Crippen molar-refractivity contribution < 1.29 is 9.53 Å². The minimum absolute atomic E-state index is 0.127. The average molecular weight is 291 g/mol. The molecule has 1 unspecified atom stereocenters. The van der Waals surface area contributed by atoms with Crippen molar-refractivity contribution in [3.63, 3.8) is 0 Å². The summed E-state index contributed by atoms with van der Waals surface area (Å²) in [5.41, 5.74) is 1.16. The van der Waals surface area contributed by atoms with Crippen LogP contribution in [0.5, 0.6) is 5.75 Å². The highest BCUT2D eigenvalue weighted by Gasteiger charge is 2.21. The molecule has 0 aliphatic carbocycles. The van der Waals surface area contributed by atoms with Crippen LogP contribution in [0, 0.1) is 0 Å². The molecule has 2 rings (SSSR count). The van der Waals surface area contributed by atoms with Crippen LogP contribution < -0.4 is 20.3 Å². The van der Waals surface area contributed by atoms with Crippen molar-refractivity contribution in [3.05, 3.63) is 24.3 Å². The van der Waals surface area contributed by atoms with Gasteiger partial charge in [0.15, 0.2) is 0 Å². The van der Waals surface area contributed by atoms with Gasteiger partial charge in [-0.25, -0.2) is 0 Å². The maximum absolute atomic E-state index is 11.8. The largest absolute Gasteiger partial charge is 0.497 e. The Bertz CT molecular complexity index is 465. The average Bonchev–Trinajstić information content (AvgIpc) is 2.53. The van der Waals surface area contributed by atoms with E-state index in [9.17, 15) is 4.79 Å². The predicted octanol–water partition coefficient (Wildman–Crippen LogP) is 1.39. The van der Waals surface area contributed by atoms with Gasteiger partial charge in [-0.05, 0) is 32.0 Å². The molecule has 0 bridgehead atoms. The highest BCUT2D eigenvalue weighted by Crippen LogP contribution is 2.24. The summed E-state index contributed by atoms with van der Waals surface area (Å²) < 4.78 is 5.28. The van der Waals surface area contributed by atoms with Gasteiger partial charge in [0, 0.05) is 43.9 Å². The summed E-state index contributed by atoms with van der Waals surface area (Å²) in [4.78, 5) is 14.1. The van der Waals surface area contributed by atoms with Crippen molar-refractivity contribution in [1.82, 2.24) is 10.6 Å². The molecule has 1 heterocycles. The molecule has 1 aliphatic rings. The molecule has 0 saturated carbocycles. The molecule has 1 atom stereocenters. The van der Waals surface area contributed by atoms with Crippen LogP contribution in [0.3, 0.4) is 0 Å². The molecule has 1 amide bonds. The monoisotopic (exact) mass is 291 g/mol. The van der Waals surface area contributed by atoms with Gasteiger partial charge in [-0.2, -0.15) is 0 Å². The SMILES string of the molecule is CNCCC(=O)NC1CCCN(c2cccc(OC)c2)C1. The zero-order chi connectivity index (χ0) is 15.1. The first-order valence-electron chi connectivity index (χ1n) is 7.56. The number of anilines is 1. The summed E-state index contributed by atoms with van der Waals surface area (Å²) in [5, 5.41) is 6.13. The second-order valence-corrected chi connectivity index (χ2v) is 5.41. The minimum atomic E-state index is 0.127. The number of hydrogen-bond acceptors (Lipinski definition) is 4. The molecule has 5 heteroatoms. The van der Waals surface area contributed by atoms with Crippen molar-refractivity contribution in [2.45, 2.75) is 25.3 Å². The molecule has 5 nitrogen and oxygen atoms in total. The molecule has 1 aliphatic heterocycles. The third-order valence-electron chi connectivity index (χ3n) is 3.81. The summed E-state index contributed by atoms with van der Waals surface area (Å²) in [6.07, 6.45) is 2.67. The number of nitrogens with zero attached hydrogens (tertiary/aromatic N) is 1. The molecule has 1 fully saturated rings. The fourth-order valence-corrected chi connectivity index (χ4v) is 2.68. The van der Waals surface area contributed by atoms with Gasteiger partial charge < -0.3 is 20.3 Å². The van der Waals surface area contributed by atoms with Crippen LogP contribution in [0.25, 0.3) is 0 Å². The Kier molecular flexibility index (Phi) is 5.87. The number of hydrogen-bond donors (Lipinski definition) is 2. The van der Waals surface area contributed by atoms with Gasteiger partial charge in [0.1, 0.15) is 5.75 Å². The van der Waals surface area contributed by atoms with E-state index in [1.165, 1.54) is 0 Å². The molecular weight excluding hydrogens is 266 g/mol. The molecule has 2 N–H and O–H groups in total. The second kappa shape index (κ2) is 7.88. The van der Waals surface area contributed by atoms with Crippen LogP contribution in [0.4, 0.5) is 5.69 Å². The van der Waals surface area contributed by atoms with E-state index in [2.05, 4.69) is 21.6 Å². The first kappa shape index (κ1) is 15.6. The first-order chi connectivity index (χ1) is 10.2. The van der Waals surface area contributed by atoms with Gasteiger partial charge in [-0.3, -0.25) is 4.79 Å². The van der Waals surface area contributed by atoms with E-state index in [0.717, 1.165) is 43.9 Å². The Labute approximate surface area is 126 Å². The minimum Gasteiger partial charge on any atom is -0.497 e. The fourth-order valence-electron chi connectivity index (χ4n) is 2.68. The van der Waals surface area contributed by atoms with Gasteiger partial charge in [-0.15, -0.1) is 0 Å². The number of piperidine rings is 1. The van der Waals surface area contributed by atoms with Crippen LogP contribution in [0.2, 0.25) is 0 Å². The standard InChI is InChI=1S/C16H25N3O2/c1-17-9-8-16(20)18-13-5-4-10-19(12-13)14-6-3-7-15(11-14)21-2/h3,6-7,11,13,17H,4-5,8-10,12H2,1-2H3,(H,18,20). The van der Waals surface area contributed by atoms with E-state index >= 15 is 0 Å². The molecule has 1 saturated heterocycles. The maximum Gasteiger partial charge on any atom is 0.221 e. The lowest BCUT2D eigenvalue weighted by Gasteiger charge is -2.35. The van der Waals surface area contributed by atoms with E-state index in [4.69, 9.17) is 4.74 Å². The predicted molar refractivity (Wildman–Crippen MR) is 84.9 cm³/mol. The zero-order valence-corrected chi connectivity index (χ0v) is 12.9. The molecule has 21 heavy (non-hydrogen) atoms. The molecule has 0 spiro atoms. The summed E-state index contributed by atoms with van der Waals surface area (Å²) in [6, 6.07) is 8.32. The summed E-state index contributed by atoms with van der Waals surface area (Å²) in [5.74, 6) is 0.995. The topological polar surface area (TPSA) is 53.6 Å². The second-order valence-electron chi connectivity index (χ2n) is 5.41. The van der Waals surface area contributed by atoms with Gasteiger partial charge in [0.25, 0.3) is 0 Å². The van der Waals surface area contributed by atoms with Crippen LogP contribution in [-0.4, -0.2) is 45.7 Å². The van der Waals surface area contributed by atoms with E-state index in [1.54, 1.807) is 7.11 Å². The lowest BCUT2D eigenvalue weighted by atomic mass is 10.0. The summed E-state index contributed by atoms with van der Waals surface area (Å²) >= 11 is 0. The fraction of sp³-hybridized carbons (Fsp3) is 0.562. The molecule has 1 aromatic rings. The van der Waals surface area contributed by atoms with Crippen LogP contribution in [0.1, 0.15) is 19.3 Å². The number of methoxy groups -OCH3 is 1. The smallest absolute Gasteiger partial charge is 0.221 e. The number of rotatable bonds is 6. The molecule has 1 aromatic carbocycles. The number of carbonyl (C=O) groups excluding carboxylic acids is 1. The molecule has 116 valence electrons. The molecule has 0 radical (unpaired) electrons. The normalized spacial score (nSPS) is 18.4. The number of amides is 1.